The van der Waals surface area contributed by atoms with Crippen molar-refractivity contribution in [2.45, 2.75) is 197 Å². The van der Waals surface area contributed by atoms with Crippen molar-refractivity contribution in [1.29, 1.82) is 0 Å². The molecule has 1 saturated carbocycles. The van der Waals surface area contributed by atoms with E-state index in [0.717, 1.165) is 57.8 Å². The number of aliphatic hydroxyl groups is 7. The van der Waals surface area contributed by atoms with Crippen molar-refractivity contribution in [3.05, 3.63) is 12.2 Å². The minimum Gasteiger partial charge on any atom is -0.393 e. The standard InChI is InChI=1S/C35H68NO12P/c1-3-5-7-9-11-13-14-15-16-18-20-22-26(37)24-29(39)36-27(28(38)23-21-19-17-12-10-8-6-4-2)25-47-49(45,46)48-35-33(43)31(41)30(40)32(42)34(35)44/h21,23,26-28,30-35,37-38,40-44H,3-20,22,24-25H2,1-2H3,(H,36,39)(H,45,46)/b23-21+. The van der Waals surface area contributed by atoms with E-state index in [1.807, 2.05) is 0 Å². The molecule has 1 aliphatic carbocycles. The van der Waals surface area contributed by atoms with E-state index in [9.17, 15) is 50.0 Å². The van der Waals surface area contributed by atoms with Crippen LogP contribution in [0, 0.1) is 0 Å². The summed E-state index contributed by atoms with van der Waals surface area (Å²) in [5.41, 5.74) is 0. The number of aliphatic hydroxyl groups excluding tert-OH is 7. The Hall–Kier alpha value is -0.960. The van der Waals surface area contributed by atoms with Crippen LogP contribution in [0.5, 0.6) is 0 Å². The zero-order valence-corrected chi connectivity index (χ0v) is 30.8. The summed E-state index contributed by atoms with van der Waals surface area (Å²) in [6.45, 7) is 3.62. The highest BCUT2D eigenvalue weighted by atomic mass is 31.2. The number of hydrogen-bond acceptors (Lipinski definition) is 11. The van der Waals surface area contributed by atoms with Gasteiger partial charge in [-0.1, -0.05) is 129 Å². The molecule has 0 aromatic carbocycles. The average Bonchev–Trinajstić information content (AvgIpc) is 3.06. The van der Waals surface area contributed by atoms with Crippen molar-refractivity contribution in [3.8, 4) is 0 Å². The molecule has 0 aromatic heterocycles. The SMILES string of the molecule is CCCCCCCC/C=C/C(O)C(COP(=O)(O)OC1C(O)C(O)C(O)C(O)C1O)NC(=O)CC(O)CCCCCCCCCCCCC. The topological polar surface area (TPSA) is 226 Å². The normalized spacial score (nSPS) is 26.0. The predicted octanol–water partition coefficient (Wildman–Crippen LogP) is 3.91. The van der Waals surface area contributed by atoms with Crippen molar-refractivity contribution in [2.75, 3.05) is 6.61 Å². The molecule has 49 heavy (non-hydrogen) atoms. The van der Waals surface area contributed by atoms with Crippen molar-refractivity contribution >= 4 is 13.7 Å². The molecule has 0 aliphatic heterocycles. The van der Waals surface area contributed by atoms with E-state index in [4.69, 9.17) is 9.05 Å². The second-order valence-electron chi connectivity index (χ2n) is 13.6. The molecule has 8 unspecified atom stereocenters. The summed E-state index contributed by atoms with van der Waals surface area (Å²) in [4.78, 5) is 23.2. The van der Waals surface area contributed by atoms with E-state index in [-0.39, 0.29) is 6.42 Å². The van der Waals surface area contributed by atoms with Gasteiger partial charge < -0.3 is 46.0 Å². The summed E-state index contributed by atoms with van der Waals surface area (Å²) in [7, 11) is -5.12. The molecule has 14 heteroatoms. The molecule has 0 saturated heterocycles. The quantitative estimate of drug-likeness (QED) is 0.0304. The first-order chi connectivity index (χ1) is 23.3. The minimum atomic E-state index is -5.12. The number of rotatable bonds is 29. The molecular formula is C35H68NO12P. The van der Waals surface area contributed by atoms with Crippen molar-refractivity contribution < 1.29 is 59.0 Å². The maximum atomic E-state index is 12.8. The molecule has 13 nitrogen and oxygen atoms in total. The van der Waals surface area contributed by atoms with Gasteiger partial charge in [0, 0.05) is 0 Å². The van der Waals surface area contributed by atoms with Gasteiger partial charge in [0.05, 0.1) is 31.3 Å². The molecule has 1 fully saturated rings. The summed E-state index contributed by atoms with van der Waals surface area (Å²) in [6.07, 6.45) is 9.25. The highest BCUT2D eigenvalue weighted by molar-refractivity contribution is 7.47. The fraction of sp³-hybridized carbons (Fsp3) is 0.914. The van der Waals surface area contributed by atoms with E-state index >= 15 is 0 Å². The van der Waals surface area contributed by atoms with E-state index in [1.54, 1.807) is 6.08 Å². The first kappa shape index (κ1) is 46.1. The number of nitrogens with one attached hydrogen (secondary N) is 1. The van der Waals surface area contributed by atoms with Crippen LogP contribution in [0.25, 0.3) is 0 Å². The lowest BCUT2D eigenvalue weighted by Crippen LogP contribution is -2.64. The number of unbranched alkanes of at least 4 members (excludes halogenated alkanes) is 16. The molecule has 9 N–H and O–H groups in total. The largest absolute Gasteiger partial charge is 0.472 e. The zero-order valence-electron chi connectivity index (χ0n) is 29.9. The molecule has 8 atom stereocenters. The highest BCUT2D eigenvalue weighted by Gasteiger charge is 2.51. The van der Waals surface area contributed by atoms with E-state index in [1.165, 1.54) is 57.4 Å². The Morgan fingerprint density at radius 1 is 0.714 bits per heavy atom. The van der Waals surface area contributed by atoms with Gasteiger partial charge >= 0.3 is 7.82 Å². The number of hydrogen-bond donors (Lipinski definition) is 9. The Morgan fingerprint density at radius 2 is 1.16 bits per heavy atom. The number of phosphoric acid groups is 1. The van der Waals surface area contributed by atoms with Crippen LogP contribution in [-0.2, 0) is 18.4 Å². The number of allylic oxidation sites excluding steroid dienone is 1. The van der Waals surface area contributed by atoms with Gasteiger partial charge in [-0.05, 0) is 19.3 Å². The highest BCUT2D eigenvalue weighted by Crippen LogP contribution is 2.47. The molecule has 1 aliphatic rings. The van der Waals surface area contributed by atoms with Crippen LogP contribution in [0.1, 0.15) is 142 Å². The van der Waals surface area contributed by atoms with Crippen LogP contribution in [-0.4, -0.2) is 108 Å². The minimum absolute atomic E-state index is 0.242. The second-order valence-corrected chi connectivity index (χ2v) is 15.0. The van der Waals surface area contributed by atoms with Gasteiger partial charge in [0.2, 0.25) is 5.91 Å². The van der Waals surface area contributed by atoms with Crippen LogP contribution in [0.2, 0.25) is 0 Å². The van der Waals surface area contributed by atoms with E-state index in [2.05, 4.69) is 19.2 Å². The Kier molecular flexibility index (Phi) is 25.2. The molecule has 290 valence electrons. The lowest BCUT2D eigenvalue weighted by atomic mass is 9.85. The van der Waals surface area contributed by atoms with E-state index in [0.29, 0.717) is 12.8 Å². The van der Waals surface area contributed by atoms with Gasteiger partial charge in [0.25, 0.3) is 0 Å². The molecule has 1 rings (SSSR count). The maximum Gasteiger partial charge on any atom is 0.472 e. The van der Waals surface area contributed by atoms with Crippen LogP contribution in [0.4, 0.5) is 0 Å². The molecule has 1 amide bonds. The smallest absolute Gasteiger partial charge is 0.393 e. The number of phosphoric ester groups is 1. The molecule has 0 radical (unpaired) electrons. The number of carbonyl (C=O) groups is 1. The monoisotopic (exact) mass is 725 g/mol. The van der Waals surface area contributed by atoms with Gasteiger partial charge in [-0.3, -0.25) is 13.8 Å². The predicted molar refractivity (Wildman–Crippen MR) is 187 cm³/mol. The van der Waals surface area contributed by atoms with Crippen LogP contribution >= 0.6 is 7.82 Å². The molecule has 0 spiro atoms. The number of carbonyl (C=O) groups excluding carboxylic acids is 1. The first-order valence-corrected chi connectivity index (χ1v) is 20.2. The summed E-state index contributed by atoms with van der Waals surface area (Å²) in [5.74, 6) is -0.598. The maximum absolute atomic E-state index is 12.8. The van der Waals surface area contributed by atoms with Crippen LogP contribution < -0.4 is 5.32 Å². The fourth-order valence-electron chi connectivity index (χ4n) is 5.94. The zero-order chi connectivity index (χ0) is 36.7. The van der Waals surface area contributed by atoms with Crippen molar-refractivity contribution in [2.24, 2.45) is 0 Å². The Labute approximate surface area is 293 Å². The fourth-order valence-corrected chi connectivity index (χ4v) is 6.91. The van der Waals surface area contributed by atoms with Crippen molar-refractivity contribution in [1.82, 2.24) is 5.32 Å². The number of amides is 1. The van der Waals surface area contributed by atoms with Gasteiger partial charge in [0.1, 0.15) is 36.6 Å². The lowest BCUT2D eigenvalue weighted by molar-refractivity contribution is -0.220. The Balaban J connectivity index is 2.66. The summed E-state index contributed by atoms with van der Waals surface area (Å²) in [6, 6.07) is -1.23. The van der Waals surface area contributed by atoms with Crippen molar-refractivity contribution in [3.63, 3.8) is 0 Å². The summed E-state index contributed by atoms with van der Waals surface area (Å²) >= 11 is 0. The summed E-state index contributed by atoms with van der Waals surface area (Å²) < 4.78 is 22.6. The summed E-state index contributed by atoms with van der Waals surface area (Å²) in [5, 5.41) is 73.8. The third kappa shape index (κ3) is 20.0. The third-order valence-corrected chi connectivity index (χ3v) is 10.1. The Morgan fingerprint density at radius 3 is 1.67 bits per heavy atom. The molecular weight excluding hydrogens is 657 g/mol. The Bertz CT molecular complexity index is 911. The van der Waals surface area contributed by atoms with E-state index < -0.39 is 75.2 Å². The lowest BCUT2D eigenvalue weighted by Gasteiger charge is -2.41. The third-order valence-electron chi connectivity index (χ3n) is 9.12. The van der Waals surface area contributed by atoms with Gasteiger partial charge in [-0.25, -0.2) is 4.57 Å². The molecule has 0 bridgehead atoms. The van der Waals surface area contributed by atoms with Gasteiger partial charge in [0.15, 0.2) is 0 Å². The average molecular weight is 726 g/mol. The van der Waals surface area contributed by atoms with Gasteiger partial charge in [-0.15, -0.1) is 0 Å². The molecule has 0 aromatic rings. The first-order valence-electron chi connectivity index (χ1n) is 18.7. The van der Waals surface area contributed by atoms with Gasteiger partial charge in [-0.2, -0.15) is 0 Å². The van der Waals surface area contributed by atoms with Crippen LogP contribution in [0.15, 0.2) is 12.2 Å². The second kappa shape index (κ2) is 26.8. The van der Waals surface area contributed by atoms with Crippen LogP contribution in [0.3, 0.4) is 0 Å². The molecule has 0 heterocycles.